The number of rotatable bonds is 3. The monoisotopic (exact) mass is 190 g/mol. The standard InChI is InChI=1S/C8H11ClO3/c1-2-12-8(11)6-3-5(4-6)7(9)10/h5-6H,2-4H2,1H3. The molecule has 12 heavy (non-hydrogen) atoms. The van der Waals surface area contributed by atoms with Gasteiger partial charge in [-0.15, -0.1) is 0 Å². The van der Waals surface area contributed by atoms with Gasteiger partial charge in [0, 0.05) is 5.92 Å². The fourth-order valence-corrected chi connectivity index (χ4v) is 1.43. The first-order valence-corrected chi connectivity index (χ1v) is 4.39. The summed E-state index contributed by atoms with van der Waals surface area (Å²) < 4.78 is 4.78. The largest absolute Gasteiger partial charge is 0.466 e. The molecule has 0 saturated heterocycles. The minimum absolute atomic E-state index is 0.0994. The van der Waals surface area contributed by atoms with Crippen molar-refractivity contribution in [2.45, 2.75) is 19.8 Å². The zero-order chi connectivity index (χ0) is 9.14. The minimum atomic E-state index is -0.337. The van der Waals surface area contributed by atoms with Gasteiger partial charge in [0.1, 0.15) is 0 Å². The zero-order valence-corrected chi connectivity index (χ0v) is 7.63. The van der Waals surface area contributed by atoms with Crippen molar-refractivity contribution in [1.29, 1.82) is 0 Å². The van der Waals surface area contributed by atoms with Crippen LogP contribution in [-0.4, -0.2) is 17.8 Å². The van der Waals surface area contributed by atoms with Crippen LogP contribution in [0, 0.1) is 11.8 Å². The van der Waals surface area contributed by atoms with E-state index in [9.17, 15) is 9.59 Å². The molecule has 0 amide bonds. The second-order valence-corrected chi connectivity index (χ2v) is 3.29. The van der Waals surface area contributed by atoms with Gasteiger partial charge in [-0.2, -0.15) is 0 Å². The predicted molar refractivity (Wildman–Crippen MR) is 43.7 cm³/mol. The molecule has 0 aliphatic heterocycles. The van der Waals surface area contributed by atoms with Gasteiger partial charge in [0.25, 0.3) is 0 Å². The summed E-state index contributed by atoms with van der Waals surface area (Å²) in [5, 5.41) is -0.337. The maximum atomic E-state index is 11.0. The van der Waals surface area contributed by atoms with Crippen LogP contribution in [0.5, 0.6) is 0 Å². The molecule has 1 saturated carbocycles. The maximum Gasteiger partial charge on any atom is 0.308 e. The normalized spacial score (nSPS) is 27.5. The molecule has 0 unspecified atom stereocenters. The van der Waals surface area contributed by atoms with E-state index in [1.54, 1.807) is 6.92 Å². The Hall–Kier alpha value is -0.570. The van der Waals surface area contributed by atoms with Crippen LogP contribution in [-0.2, 0) is 14.3 Å². The van der Waals surface area contributed by atoms with Gasteiger partial charge >= 0.3 is 5.97 Å². The molecule has 4 heteroatoms. The van der Waals surface area contributed by atoms with Crippen molar-refractivity contribution in [3.05, 3.63) is 0 Å². The number of halogens is 1. The average molecular weight is 191 g/mol. The third-order valence-electron chi connectivity index (χ3n) is 2.08. The molecule has 0 heterocycles. The lowest BCUT2D eigenvalue weighted by molar-refractivity contribution is -0.153. The summed E-state index contributed by atoms with van der Waals surface area (Å²) in [5.41, 5.74) is 0. The molecule has 1 rings (SSSR count). The van der Waals surface area contributed by atoms with Crippen LogP contribution in [0.4, 0.5) is 0 Å². The summed E-state index contributed by atoms with van der Waals surface area (Å²) in [4.78, 5) is 21.6. The molecule has 1 aliphatic carbocycles. The summed E-state index contributed by atoms with van der Waals surface area (Å²) in [6.07, 6.45) is 1.11. The van der Waals surface area contributed by atoms with Crippen molar-refractivity contribution in [2.75, 3.05) is 6.61 Å². The summed E-state index contributed by atoms with van der Waals surface area (Å²) in [7, 11) is 0. The molecule has 0 N–H and O–H groups in total. The average Bonchev–Trinajstić information content (AvgIpc) is 1.82. The second-order valence-electron chi connectivity index (χ2n) is 2.92. The molecule has 0 aromatic carbocycles. The number of hydrogen-bond donors (Lipinski definition) is 0. The fraction of sp³-hybridized carbons (Fsp3) is 0.750. The highest BCUT2D eigenvalue weighted by atomic mass is 35.5. The third kappa shape index (κ3) is 1.97. The van der Waals surface area contributed by atoms with Crippen LogP contribution in [0.1, 0.15) is 19.8 Å². The van der Waals surface area contributed by atoms with Crippen molar-refractivity contribution in [1.82, 2.24) is 0 Å². The highest BCUT2D eigenvalue weighted by Gasteiger charge is 2.38. The highest BCUT2D eigenvalue weighted by Crippen LogP contribution is 2.35. The number of carbonyl (C=O) groups is 2. The lowest BCUT2D eigenvalue weighted by atomic mass is 9.76. The van der Waals surface area contributed by atoms with Gasteiger partial charge in [-0.1, -0.05) is 0 Å². The van der Waals surface area contributed by atoms with E-state index < -0.39 is 0 Å². The van der Waals surface area contributed by atoms with Gasteiger partial charge in [-0.05, 0) is 31.4 Å². The Balaban J connectivity index is 2.25. The number of esters is 1. The third-order valence-corrected chi connectivity index (χ3v) is 2.39. The van der Waals surface area contributed by atoms with Crippen LogP contribution >= 0.6 is 11.6 Å². The van der Waals surface area contributed by atoms with E-state index in [0.29, 0.717) is 19.4 Å². The number of ether oxygens (including phenoxy) is 1. The molecule has 0 bridgehead atoms. The second kappa shape index (κ2) is 3.90. The van der Waals surface area contributed by atoms with Gasteiger partial charge in [0.2, 0.25) is 5.24 Å². The van der Waals surface area contributed by atoms with E-state index in [-0.39, 0.29) is 23.0 Å². The summed E-state index contributed by atoms with van der Waals surface area (Å²) in [5.74, 6) is -0.426. The molecule has 3 nitrogen and oxygen atoms in total. The minimum Gasteiger partial charge on any atom is -0.466 e. The van der Waals surface area contributed by atoms with E-state index in [4.69, 9.17) is 16.3 Å². The molecular weight excluding hydrogens is 180 g/mol. The van der Waals surface area contributed by atoms with Crippen LogP contribution in [0.15, 0.2) is 0 Å². The SMILES string of the molecule is CCOC(=O)C1CC(C(=O)Cl)C1. The Morgan fingerprint density at radius 3 is 2.42 bits per heavy atom. The van der Waals surface area contributed by atoms with Crippen LogP contribution in [0.3, 0.4) is 0 Å². The number of carbonyl (C=O) groups excluding carboxylic acids is 2. The molecule has 1 aliphatic rings. The van der Waals surface area contributed by atoms with Crippen LogP contribution < -0.4 is 0 Å². The highest BCUT2D eigenvalue weighted by molar-refractivity contribution is 6.64. The maximum absolute atomic E-state index is 11.0. The summed E-state index contributed by atoms with van der Waals surface area (Å²) in [6.45, 7) is 2.16. The number of hydrogen-bond acceptors (Lipinski definition) is 3. The van der Waals surface area contributed by atoms with Crippen molar-refractivity contribution >= 4 is 22.8 Å². The van der Waals surface area contributed by atoms with Crippen molar-refractivity contribution in [3.8, 4) is 0 Å². The molecule has 0 atom stereocenters. The van der Waals surface area contributed by atoms with Gasteiger partial charge < -0.3 is 4.74 Å². The first-order chi connectivity index (χ1) is 5.65. The van der Waals surface area contributed by atoms with E-state index in [1.165, 1.54) is 0 Å². The topological polar surface area (TPSA) is 43.4 Å². The molecule has 0 spiro atoms. The lowest BCUT2D eigenvalue weighted by Crippen LogP contribution is -2.34. The van der Waals surface area contributed by atoms with Crippen molar-refractivity contribution < 1.29 is 14.3 Å². The Kier molecular flexibility index (Phi) is 3.09. The molecular formula is C8H11ClO3. The Morgan fingerprint density at radius 1 is 1.42 bits per heavy atom. The van der Waals surface area contributed by atoms with E-state index in [0.717, 1.165) is 0 Å². The first-order valence-electron chi connectivity index (χ1n) is 4.01. The molecule has 0 radical (unpaired) electrons. The molecule has 68 valence electrons. The van der Waals surface area contributed by atoms with Crippen LogP contribution in [0.2, 0.25) is 0 Å². The predicted octanol–water partition coefficient (Wildman–Crippen LogP) is 1.34. The molecule has 0 aromatic heterocycles. The fourth-order valence-electron chi connectivity index (χ4n) is 1.26. The Labute approximate surface area is 76.0 Å². The smallest absolute Gasteiger partial charge is 0.308 e. The summed E-state index contributed by atoms with van der Waals surface area (Å²) >= 11 is 5.24. The van der Waals surface area contributed by atoms with Crippen molar-refractivity contribution in [2.24, 2.45) is 11.8 Å². The van der Waals surface area contributed by atoms with Gasteiger partial charge in [-0.3, -0.25) is 9.59 Å². The zero-order valence-electron chi connectivity index (χ0n) is 6.88. The Morgan fingerprint density at radius 2 is 2.00 bits per heavy atom. The van der Waals surface area contributed by atoms with E-state index >= 15 is 0 Å². The molecule has 0 aromatic rings. The molecule has 1 fully saturated rings. The lowest BCUT2D eigenvalue weighted by Gasteiger charge is -2.30. The van der Waals surface area contributed by atoms with E-state index in [1.807, 2.05) is 0 Å². The van der Waals surface area contributed by atoms with Gasteiger partial charge in [0.05, 0.1) is 12.5 Å². The van der Waals surface area contributed by atoms with Gasteiger partial charge in [-0.25, -0.2) is 0 Å². The van der Waals surface area contributed by atoms with Crippen molar-refractivity contribution in [3.63, 3.8) is 0 Å². The van der Waals surface area contributed by atoms with Crippen LogP contribution in [0.25, 0.3) is 0 Å². The first kappa shape index (κ1) is 9.52. The Bertz CT molecular complexity index is 196. The van der Waals surface area contributed by atoms with Gasteiger partial charge in [0.15, 0.2) is 0 Å². The quantitative estimate of drug-likeness (QED) is 0.498. The summed E-state index contributed by atoms with van der Waals surface area (Å²) in [6, 6.07) is 0. The van der Waals surface area contributed by atoms with E-state index in [2.05, 4.69) is 0 Å².